The molecule has 0 radical (unpaired) electrons. The van der Waals surface area contributed by atoms with E-state index in [9.17, 15) is 22.8 Å². The number of alkyl halides is 3. The molecule has 3 aromatic rings. The SMILES string of the molecule is O=C(Nc1c[nH]nc1C(=O)Nc1ccc(C(F)(F)F)nc1)c1cncc(OC2CCNCC2)c1. The molecule has 4 rings (SSSR count). The van der Waals surface area contributed by atoms with Crippen LogP contribution in [-0.4, -0.2) is 51.2 Å². The zero-order valence-electron chi connectivity index (χ0n) is 17.6. The largest absolute Gasteiger partial charge is 0.489 e. The van der Waals surface area contributed by atoms with Crippen LogP contribution in [0.4, 0.5) is 24.5 Å². The lowest BCUT2D eigenvalue weighted by atomic mass is 10.1. The molecule has 0 atom stereocenters. The number of rotatable bonds is 6. The van der Waals surface area contributed by atoms with E-state index in [2.05, 4.69) is 36.1 Å². The Morgan fingerprint density at radius 2 is 1.85 bits per heavy atom. The summed E-state index contributed by atoms with van der Waals surface area (Å²) in [5.74, 6) is -0.839. The van der Waals surface area contributed by atoms with Crippen molar-refractivity contribution >= 4 is 23.2 Å². The first-order valence-electron chi connectivity index (χ1n) is 10.3. The Kier molecular flexibility index (Phi) is 6.72. The quantitative estimate of drug-likeness (QED) is 0.431. The Bertz CT molecular complexity index is 1160. The minimum atomic E-state index is -4.59. The monoisotopic (exact) mass is 475 g/mol. The minimum absolute atomic E-state index is 0.0326. The summed E-state index contributed by atoms with van der Waals surface area (Å²) < 4.78 is 43.8. The van der Waals surface area contributed by atoms with Gasteiger partial charge in [-0.3, -0.25) is 19.7 Å². The molecule has 4 N–H and O–H groups in total. The number of amides is 2. The summed E-state index contributed by atoms with van der Waals surface area (Å²) in [6, 6.07) is 3.37. The number of carbonyl (C=O) groups is 2. The van der Waals surface area contributed by atoms with Gasteiger partial charge in [0.2, 0.25) is 0 Å². The second-order valence-electron chi connectivity index (χ2n) is 7.46. The summed E-state index contributed by atoms with van der Waals surface area (Å²) in [6.07, 6.45) is 2.20. The van der Waals surface area contributed by atoms with E-state index in [1.807, 2.05) is 0 Å². The van der Waals surface area contributed by atoms with E-state index in [0.29, 0.717) is 5.75 Å². The van der Waals surface area contributed by atoms with Crippen LogP contribution in [0.15, 0.2) is 43.0 Å². The number of ether oxygens (including phenoxy) is 1. The minimum Gasteiger partial charge on any atom is -0.489 e. The molecule has 0 saturated carbocycles. The molecule has 0 spiro atoms. The van der Waals surface area contributed by atoms with Gasteiger partial charge in [0, 0.05) is 12.4 Å². The number of aromatic amines is 1. The van der Waals surface area contributed by atoms with Gasteiger partial charge in [-0.25, -0.2) is 4.98 Å². The van der Waals surface area contributed by atoms with Gasteiger partial charge in [0.05, 0.1) is 29.3 Å². The van der Waals surface area contributed by atoms with Gasteiger partial charge in [0.1, 0.15) is 17.5 Å². The van der Waals surface area contributed by atoms with Crippen LogP contribution < -0.4 is 20.7 Å². The Hall–Kier alpha value is -4.00. The van der Waals surface area contributed by atoms with E-state index in [0.717, 1.165) is 44.3 Å². The zero-order valence-corrected chi connectivity index (χ0v) is 17.6. The van der Waals surface area contributed by atoms with Crippen molar-refractivity contribution in [1.82, 2.24) is 25.5 Å². The number of hydrogen-bond donors (Lipinski definition) is 4. The fourth-order valence-electron chi connectivity index (χ4n) is 3.29. The van der Waals surface area contributed by atoms with Crippen LogP contribution in [0.3, 0.4) is 0 Å². The number of hydrogen-bond acceptors (Lipinski definition) is 7. The van der Waals surface area contributed by atoms with Crippen LogP contribution in [0, 0.1) is 0 Å². The first-order chi connectivity index (χ1) is 16.3. The number of nitrogens with zero attached hydrogens (tertiary/aromatic N) is 3. The normalized spacial score (nSPS) is 14.4. The fraction of sp³-hybridized carbons (Fsp3) is 0.286. The molecule has 10 nitrogen and oxygen atoms in total. The average Bonchev–Trinajstić information content (AvgIpc) is 3.28. The lowest BCUT2D eigenvalue weighted by Gasteiger charge is -2.23. The molecule has 1 fully saturated rings. The lowest BCUT2D eigenvalue weighted by molar-refractivity contribution is -0.141. The van der Waals surface area contributed by atoms with Gasteiger partial charge in [-0.05, 0) is 44.1 Å². The third-order valence-electron chi connectivity index (χ3n) is 4.98. The van der Waals surface area contributed by atoms with E-state index in [1.54, 1.807) is 6.07 Å². The molecule has 0 bridgehead atoms. The summed E-state index contributed by atoms with van der Waals surface area (Å²) in [5, 5.41) is 14.5. The summed E-state index contributed by atoms with van der Waals surface area (Å²) in [7, 11) is 0. The third kappa shape index (κ3) is 5.67. The van der Waals surface area contributed by atoms with Crippen LogP contribution in [0.2, 0.25) is 0 Å². The number of carbonyl (C=O) groups excluding carboxylic acids is 2. The molecule has 0 aromatic carbocycles. The molecule has 13 heteroatoms. The Balaban J connectivity index is 1.41. The molecular weight excluding hydrogens is 455 g/mol. The summed E-state index contributed by atoms with van der Waals surface area (Å²) in [4.78, 5) is 32.6. The van der Waals surface area contributed by atoms with Crippen molar-refractivity contribution in [1.29, 1.82) is 0 Å². The smallest absolute Gasteiger partial charge is 0.433 e. The topological polar surface area (TPSA) is 134 Å². The standard InChI is InChI=1S/C21H20F3N7O3/c22-21(23,24)17-2-1-13(9-27-17)29-20(33)18-16(11-28-31-18)30-19(32)12-7-15(10-26-8-12)34-14-3-5-25-6-4-14/h1-2,7-11,14,25H,3-6H2,(H,28,31)(H,29,33)(H,30,32). The van der Waals surface area contributed by atoms with Crippen molar-refractivity contribution in [3.05, 3.63) is 59.9 Å². The van der Waals surface area contributed by atoms with Gasteiger partial charge in [-0.1, -0.05) is 0 Å². The first kappa shape index (κ1) is 23.2. The van der Waals surface area contributed by atoms with Gasteiger partial charge < -0.3 is 20.7 Å². The highest BCUT2D eigenvalue weighted by atomic mass is 19.4. The average molecular weight is 475 g/mol. The van der Waals surface area contributed by atoms with E-state index in [-0.39, 0.29) is 28.7 Å². The highest BCUT2D eigenvalue weighted by Gasteiger charge is 2.32. The number of halogens is 3. The summed E-state index contributed by atoms with van der Waals surface area (Å²) >= 11 is 0. The maximum atomic E-state index is 12.7. The Morgan fingerprint density at radius 1 is 1.06 bits per heavy atom. The molecule has 4 heterocycles. The van der Waals surface area contributed by atoms with Crippen molar-refractivity contribution in [3.8, 4) is 5.75 Å². The molecule has 1 aliphatic heterocycles. The van der Waals surface area contributed by atoms with Gasteiger partial charge in [0.25, 0.3) is 11.8 Å². The van der Waals surface area contributed by atoms with Crippen LogP contribution >= 0.6 is 0 Å². The van der Waals surface area contributed by atoms with Crippen molar-refractivity contribution < 1.29 is 27.5 Å². The van der Waals surface area contributed by atoms with Crippen LogP contribution in [-0.2, 0) is 6.18 Å². The number of aromatic nitrogens is 4. The second-order valence-corrected chi connectivity index (χ2v) is 7.46. The fourth-order valence-corrected chi connectivity index (χ4v) is 3.29. The maximum Gasteiger partial charge on any atom is 0.433 e. The summed E-state index contributed by atoms with van der Waals surface area (Å²) in [5.41, 5.74) is -0.926. The van der Waals surface area contributed by atoms with Crippen molar-refractivity contribution in [2.45, 2.75) is 25.1 Å². The van der Waals surface area contributed by atoms with Crippen LogP contribution in [0.1, 0.15) is 39.4 Å². The van der Waals surface area contributed by atoms with Crippen molar-refractivity contribution in [3.63, 3.8) is 0 Å². The molecule has 1 saturated heterocycles. The van der Waals surface area contributed by atoms with Gasteiger partial charge in [0.15, 0.2) is 5.69 Å². The van der Waals surface area contributed by atoms with Crippen molar-refractivity contribution in [2.75, 3.05) is 23.7 Å². The predicted octanol–water partition coefficient (Wildman–Crippen LogP) is 2.85. The van der Waals surface area contributed by atoms with Gasteiger partial charge in [-0.15, -0.1) is 0 Å². The predicted molar refractivity (Wildman–Crippen MR) is 114 cm³/mol. The number of piperidine rings is 1. The third-order valence-corrected chi connectivity index (χ3v) is 4.98. The van der Waals surface area contributed by atoms with E-state index in [4.69, 9.17) is 4.74 Å². The molecule has 1 aliphatic rings. The van der Waals surface area contributed by atoms with E-state index >= 15 is 0 Å². The zero-order chi connectivity index (χ0) is 24.1. The molecule has 0 aliphatic carbocycles. The Labute approximate surface area is 191 Å². The van der Waals surface area contributed by atoms with E-state index in [1.165, 1.54) is 18.6 Å². The van der Waals surface area contributed by atoms with Crippen LogP contribution in [0.25, 0.3) is 0 Å². The van der Waals surface area contributed by atoms with Crippen LogP contribution in [0.5, 0.6) is 5.75 Å². The highest BCUT2D eigenvalue weighted by molar-refractivity contribution is 6.11. The molecule has 0 unspecified atom stereocenters. The lowest BCUT2D eigenvalue weighted by Crippen LogP contribution is -2.34. The second kappa shape index (κ2) is 9.87. The van der Waals surface area contributed by atoms with Gasteiger partial charge >= 0.3 is 6.18 Å². The maximum absolute atomic E-state index is 12.7. The number of anilines is 2. The molecule has 34 heavy (non-hydrogen) atoms. The van der Waals surface area contributed by atoms with E-state index < -0.39 is 23.7 Å². The van der Waals surface area contributed by atoms with Gasteiger partial charge in [-0.2, -0.15) is 18.3 Å². The van der Waals surface area contributed by atoms with Crippen molar-refractivity contribution in [2.24, 2.45) is 0 Å². The summed E-state index contributed by atoms with van der Waals surface area (Å²) in [6.45, 7) is 1.71. The highest BCUT2D eigenvalue weighted by Crippen LogP contribution is 2.28. The molecular formula is C21H20F3N7O3. The first-order valence-corrected chi connectivity index (χ1v) is 10.3. The Morgan fingerprint density at radius 3 is 2.56 bits per heavy atom. The number of nitrogens with one attached hydrogen (secondary N) is 4. The molecule has 2 amide bonds. The molecule has 3 aromatic heterocycles. The number of H-pyrrole nitrogens is 1. The molecule has 178 valence electrons. The number of pyridine rings is 2.